The molecule has 42 heavy (non-hydrogen) atoms. The Morgan fingerprint density at radius 3 is 2.10 bits per heavy atom. The minimum atomic E-state index is -1.02. The first-order valence-corrected chi connectivity index (χ1v) is 13.1. The third-order valence-electron chi connectivity index (χ3n) is 6.90. The molecule has 0 unspecified atom stereocenters. The van der Waals surface area contributed by atoms with E-state index >= 15 is 0 Å². The molecule has 0 saturated heterocycles. The van der Waals surface area contributed by atoms with Crippen LogP contribution < -0.4 is 20.1 Å². The average molecular weight is 566 g/mol. The average Bonchev–Trinajstić information content (AvgIpc) is 3.44. The standard InChI is InChI=1S/C32H28FN5O4/c1-37-26(17-18-34-37)31(39)36-30(28(21-9-5-3-6-10-21)22-11-7-4-8-12-22)32(40)35-24-15-13-23(14-16-24)29-25(33)19-38(41)20-27(29)42-2/h3-20,28,30H,1-2H3,(H,35,40)(H,36,39)/t30-/m0/s1. The number of nitrogens with zero attached hydrogens (tertiary/aromatic N) is 3. The van der Waals surface area contributed by atoms with Gasteiger partial charge in [-0.15, -0.1) is 0 Å². The second-order valence-electron chi connectivity index (χ2n) is 9.57. The molecule has 2 aromatic heterocycles. The van der Waals surface area contributed by atoms with Gasteiger partial charge in [0.05, 0.1) is 12.7 Å². The van der Waals surface area contributed by atoms with Crippen molar-refractivity contribution in [2.75, 3.05) is 12.4 Å². The number of amides is 2. The first-order valence-electron chi connectivity index (χ1n) is 13.1. The van der Waals surface area contributed by atoms with Crippen molar-refractivity contribution in [3.63, 3.8) is 0 Å². The summed E-state index contributed by atoms with van der Waals surface area (Å²) in [7, 11) is 3.00. The molecular weight excluding hydrogens is 537 g/mol. The van der Waals surface area contributed by atoms with E-state index in [2.05, 4.69) is 15.7 Å². The number of hydrogen-bond acceptors (Lipinski definition) is 5. The van der Waals surface area contributed by atoms with E-state index in [-0.39, 0.29) is 11.3 Å². The van der Waals surface area contributed by atoms with E-state index in [1.165, 1.54) is 18.0 Å². The van der Waals surface area contributed by atoms with E-state index < -0.39 is 29.6 Å². The third kappa shape index (κ3) is 5.97. The van der Waals surface area contributed by atoms with Gasteiger partial charge in [0.2, 0.25) is 18.3 Å². The number of pyridine rings is 1. The van der Waals surface area contributed by atoms with Crippen LogP contribution in [0.4, 0.5) is 10.1 Å². The molecule has 9 nitrogen and oxygen atoms in total. The van der Waals surface area contributed by atoms with Gasteiger partial charge in [-0.25, -0.2) is 0 Å². The van der Waals surface area contributed by atoms with Gasteiger partial charge < -0.3 is 20.6 Å². The molecule has 10 heteroatoms. The lowest BCUT2D eigenvalue weighted by Crippen LogP contribution is -2.48. The van der Waals surface area contributed by atoms with E-state index in [1.807, 2.05) is 60.7 Å². The summed E-state index contributed by atoms with van der Waals surface area (Å²) in [4.78, 5) is 27.3. The lowest BCUT2D eigenvalue weighted by atomic mass is 9.84. The van der Waals surface area contributed by atoms with E-state index in [4.69, 9.17) is 4.74 Å². The van der Waals surface area contributed by atoms with Crippen LogP contribution in [0, 0.1) is 11.0 Å². The van der Waals surface area contributed by atoms with E-state index in [0.29, 0.717) is 21.7 Å². The van der Waals surface area contributed by atoms with Crippen molar-refractivity contribution >= 4 is 17.5 Å². The van der Waals surface area contributed by atoms with Crippen LogP contribution in [0.3, 0.4) is 0 Å². The monoisotopic (exact) mass is 565 g/mol. The lowest BCUT2D eigenvalue weighted by Gasteiger charge is -2.28. The number of anilines is 1. The van der Waals surface area contributed by atoms with E-state index in [0.717, 1.165) is 23.5 Å². The molecule has 0 aliphatic carbocycles. The van der Waals surface area contributed by atoms with Gasteiger partial charge in [0.1, 0.15) is 11.7 Å². The van der Waals surface area contributed by atoms with Crippen LogP contribution in [-0.4, -0.2) is 34.7 Å². The van der Waals surface area contributed by atoms with E-state index in [9.17, 15) is 19.2 Å². The molecule has 212 valence electrons. The van der Waals surface area contributed by atoms with E-state index in [1.54, 1.807) is 37.4 Å². The number of methoxy groups -OCH3 is 1. The number of ether oxygens (including phenoxy) is 1. The van der Waals surface area contributed by atoms with Gasteiger partial charge in [-0.3, -0.25) is 14.3 Å². The maximum absolute atomic E-state index is 14.7. The zero-order valence-corrected chi connectivity index (χ0v) is 22.9. The Kier molecular flexibility index (Phi) is 8.24. The van der Waals surface area contributed by atoms with Crippen LogP contribution in [0.5, 0.6) is 5.75 Å². The highest BCUT2D eigenvalue weighted by molar-refractivity contribution is 6.01. The van der Waals surface area contributed by atoms with Crippen LogP contribution in [0.2, 0.25) is 0 Å². The van der Waals surface area contributed by atoms with Crippen LogP contribution >= 0.6 is 0 Å². The summed E-state index contributed by atoms with van der Waals surface area (Å²) in [5.41, 5.74) is 2.99. The molecule has 0 saturated carbocycles. The summed E-state index contributed by atoms with van der Waals surface area (Å²) in [6.45, 7) is 0. The summed E-state index contributed by atoms with van der Waals surface area (Å²) < 4.78 is 21.6. The SMILES string of the molecule is COc1c[n+]([O-])cc(F)c1-c1ccc(NC(=O)[C@@H](NC(=O)c2ccnn2C)C(c2ccccc2)c2ccccc2)cc1. The number of rotatable bonds is 9. The topological polar surface area (TPSA) is 112 Å². The highest BCUT2D eigenvalue weighted by Gasteiger charge is 2.33. The van der Waals surface area contributed by atoms with Crippen molar-refractivity contribution in [3.8, 4) is 16.9 Å². The van der Waals surface area contributed by atoms with Crippen molar-refractivity contribution in [2.45, 2.75) is 12.0 Å². The highest BCUT2D eigenvalue weighted by atomic mass is 19.1. The fourth-order valence-corrected chi connectivity index (χ4v) is 4.90. The van der Waals surface area contributed by atoms with Crippen LogP contribution in [0.25, 0.3) is 11.1 Å². The molecule has 0 spiro atoms. The Balaban J connectivity index is 1.49. The quantitative estimate of drug-likeness (QED) is 0.203. The second kappa shape index (κ2) is 12.3. The molecule has 2 N–H and O–H groups in total. The predicted octanol–water partition coefficient (Wildman–Crippen LogP) is 4.44. The fourth-order valence-electron chi connectivity index (χ4n) is 4.90. The molecule has 2 amide bonds. The first-order chi connectivity index (χ1) is 20.4. The lowest BCUT2D eigenvalue weighted by molar-refractivity contribution is -0.607. The number of aryl methyl sites for hydroxylation is 1. The second-order valence-corrected chi connectivity index (χ2v) is 9.57. The van der Waals surface area contributed by atoms with Crippen LogP contribution in [0.15, 0.2) is 110 Å². The van der Waals surface area contributed by atoms with Gasteiger partial charge >= 0.3 is 0 Å². The molecule has 5 rings (SSSR count). The first kappa shape index (κ1) is 28.0. The van der Waals surface area contributed by atoms with Gasteiger partial charge in [0, 0.05) is 24.8 Å². The van der Waals surface area contributed by atoms with Crippen molar-refractivity contribution in [3.05, 3.63) is 137 Å². The number of hydrogen-bond donors (Lipinski definition) is 2. The normalized spacial score (nSPS) is 11.6. The summed E-state index contributed by atoms with van der Waals surface area (Å²) in [5.74, 6) is -2.09. The van der Waals surface area contributed by atoms with Crippen molar-refractivity contribution in [2.24, 2.45) is 7.05 Å². The van der Waals surface area contributed by atoms with Gasteiger partial charge in [-0.2, -0.15) is 14.2 Å². The van der Waals surface area contributed by atoms with Gasteiger partial charge in [0.25, 0.3) is 5.91 Å². The molecular formula is C32H28FN5O4. The number of carbonyl (C=O) groups is 2. The van der Waals surface area contributed by atoms with Crippen LogP contribution in [-0.2, 0) is 11.8 Å². The largest absolute Gasteiger partial charge is 0.619 e. The smallest absolute Gasteiger partial charge is 0.270 e. The van der Waals surface area contributed by atoms with Crippen molar-refractivity contribution < 1.29 is 23.4 Å². The Bertz CT molecular complexity index is 1650. The van der Waals surface area contributed by atoms with Gasteiger partial charge in [-0.05, 0) is 34.9 Å². The fraction of sp³-hybridized carbons (Fsp3) is 0.125. The Morgan fingerprint density at radius 1 is 0.929 bits per heavy atom. The number of halogens is 1. The molecule has 0 radical (unpaired) electrons. The maximum Gasteiger partial charge on any atom is 0.270 e. The number of benzene rings is 3. The minimum Gasteiger partial charge on any atom is -0.619 e. The maximum atomic E-state index is 14.7. The highest BCUT2D eigenvalue weighted by Crippen LogP contribution is 2.33. The Morgan fingerprint density at radius 2 is 1.55 bits per heavy atom. The van der Waals surface area contributed by atoms with Crippen molar-refractivity contribution in [1.82, 2.24) is 15.1 Å². The molecule has 2 heterocycles. The summed E-state index contributed by atoms with van der Waals surface area (Å²) in [5, 5.41) is 21.5. The van der Waals surface area contributed by atoms with Crippen LogP contribution in [0.1, 0.15) is 27.5 Å². The minimum absolute atomic E-state index is 0.0771. The molecule has 5 aromatic rings. The molecule has 0 aliphatic heterocycles. The number of nitrogens with one attached hydrogen (secondary N) is 2. The third-order valence-corrected chi connectivity index (χ3v) is 6.90. The summed E-state index contributed by atoms with van der Waals surface area (Å²) in [6.07, 6.45) is 3.46. The molecule has 0 fully saturated rings. The zero-order chi connectivity index (χ0) is 29.6. The van der Waals surface area contributed by atoms with Gasteiger partial charge in [0.15, 0.2) is 11.6 Å². The number of carbonyl (C=O) groups excluding carboxylic acids is 2. The molecule has 1 atom stereocenters. The molecule has 0 bridgehead atoms. The van der Waals surface area contributed by atoms with Gasteiger partial charge in [-0.1, -0.05) is 72.8 Å². The van der Waals surface area contributed by atoms with Crippen molar-refractivity contribution in [1.29, 1.82) is 0 Å². The molecule has 0 aliphatic rings. The zero-order valence-electron chi connectivity index (χ0n) is 22.9. The number of aromatic nitrogens is 3. The summed E-state index contributed by atoms with van der Waals surface area (Å²) >= 11 is 0. The Hall–Kier alpha value is -5.51. The Labute approximate surface area is 241 Å². The predicted molar refractivity (Wildman–Crippen MR) is 155 cm³/mol. The summed E-state index contributed by atoms with van der Waals surface area (Å²) in [6, 6.07) is 26.0. The molecule has 3 aromatic carbocycles.